The lowest BCUT2D eigenvalue weighted by Gasteiger charge is -2.40. The number of nitrogens with zero attached hydrogens (tertiary/aromatic N) is 2. The molecule has 1 N–H and O–H groups in total. The smallest absolute Gasteiger partial charge is 0.339 e. The van der Waals surface area contributed by atoms with Gasteiger partial charge in [0.1, 0.15) is 5.82 Å². The van der Waals surface area contributed by atoms with Crippen LogP contribution in [0.3, 0.4) is 0 Å². The third-order valence-corrected chi connectivity index (χ3v) is 5.82. The maximum Gasteiger partial charge on any atom is 0.339 e. The van der Waals surface area contributed by atoms with Crippen LogP contribution in [0.25, 0.3) is 0 Å². The molecule has 8 heteroatoms. The van der Waals surface area contributed by atoms with E-state index in [0.717, 1.165) is 5.56 Å². The van der Waals surface area contributed by atoms with E-state index in [1.165, 1.54) is 6.20 Å². The van der Waals surface area contributed by atoms with Gasteiger partial charge in [-0.15, -0.1) is 0 Å². The highest BCUT2D eigenvalue weighted by Crippen LogP contribution is 2.31. The molecule has 4 rings (SSSR count). The third kappa shape index (κ3) is 4.03. The molecule has 156 valence electrons. The van der Waals surface area contributed by atoms with Crippen molar-refractivity contribution >= 4 is 35.2 Å². The highest BCUT2D eigenvalue weighted by atomic mass is 35.5. The topological polar surface area (TPSA) is 88.6 Å². The summed E-state index contributed by atoms with van der Waals surface area (Å²) >= 11 is 5.82. The Morgan fingerprint density at radius 2 is 2.07 bits per heavy atom. The van der Waals surface area contributed by atoms with Gasteiger partial charge < -0.3 is 15.0 Å². The van der Waals surface area contributed by atoms with Crippen molar-refractivity contribution in [3.8, 4) is 0 Å². The Morgan fingerprint density at radius 3 is 2.83 bits per heavy atom. The summed E-state index contributed by atoms with van der Waals surface area (Å²) in [6.07, 6.45) is 3.14. The standard InChI is InChI=1S/C22H22ClN3O4/c1-22(11-14-5-2-3-7-17(14)20(28)30-22)21(29)26-10-4-6-15(13-26)19(27)25-18-9-8-16(23)12-24-18/h2-3,5,7-9,12,15H,4,6,10-11,13H2,1H3,(H,24,25,27). The molecule has 2 aromatic rings. The van der Waals surface area contributed by atoms with Crippen molar-refractivity contribution in [2.24, 2.45) is 5.92 Å². The van der Waals surface area contributed by atoms with E-state index < -0.39 is 11.6 Å². The molecule has 1 saturated heterocycles. The number of carbonyl (C=O) groups excluding carboxylic acids is 3. The normalized spacial score (nSPS) is 23.3. The summed E-state index contributed by atoms with van der Waals surface area (Å²) in [6.45, 7) is 2.44. The molecule has 0 saturated carbocycles. The van der Waals surface area contributed by atoms with Crippen molar-refractivity contribution in [3.63, 3.8) is 0 Å². The summed E-state index contributed by atoms with van der Waals surface area (Å²) in [5.74, 6) is -0.910. The van der Waals surface area contributed by atoms with E-state index >= 15 is 0 Å². The van der Waals surface area contributed by atoms with Crippen LogP contribution in [0.1, 0.15) is 35.7 Å². The first-order valence-electron chi connectivity index (χ1n) is 9.89. The van der Waals surface area contributed by atoms with Crippen LogP contribution in [0.4, 0.5) is 5.82 Å². The number of hydrogen-bond acceptors (Lipinski definition) is 5. The van der Waals surface area contributed by atoms with Crippen LogP contribution in [-0.4, -0.2) is 46.4 Å². The van der Waals surface area contributed by atoms with Crippen LogP contribution >= 0.6 is 11.6 Å². The van der Waals surface area contributed by atoms with Gasteiger partial charge >= 0.3 is 5.97 Å². The molecule has 2 unspecified atom stereocenters. The molecule has 0 radical (unpaired) electrons. The van der Waals surface area contributed by atoms with Crippen molar-refractivity contribution in [1.29, 1.82) is 0 Å². The highest BCUT2D eigenvalue weighted by molar-refractivity contribution is 6.30. The van der Waals surface area contributed by atoms with Gasteiger partial charge in [0.05, 0.1) is 16.5 Å². The fourth-order valence-corrected chi connectivity index (χ4v) is 4.15. The molecule has 2 atom stereocenters. The van der Waals surface area contributed by atoms with E-state index in [0.29, 0.717) is 42.2 Å². The van der Waals surface area contributed by atoms with E-state index in [1.54, 1.807) is 36.1 Å². The molecule has 7 nitrogen and oxygen atoms in total. The van der Waals surface area contributed by atoms with E-state index in [-0.39, 0.29) is 24.3 Å². The monoisotopic (exact) mass is 427 g/mol. The Hall–Kier alpha value is -2.93. The summed E-state index contributed by atoms with van der Waals surface area (Å²) in [6, 6.07) is 10.4. The third-order valence-electron chi connectivity index (χ3n) is 5.59. The van der Waals surface area contributed by atoms with Crippen LogP contribution in [-0.2, 0) is 20.7 Å². The Labute approximate surface area is 179 Å². The first kappa shape index (κ1) is 20.3. The molecule has 1 aromatic heterocycles. The fourth-order valence-electron chi connectivity index (χ4n) is 4.04. The Bertz CT molecular complexity index is 994. The molecule has 2 aliphatic rings. The average molecular weight is 428 g/mol. The lowest BCUT2D eigenvalue weighted by Crippen LogP contribution is -2.56. The number of carbonyl (C=O) groups is 3. The molecule has 0 spiro atoms. The SMILES string of the molecule is CC1(C(=O)N2CCCC(C(=O)Nc3ccc(Cl)cn3)C2)Cc2ccccc2C(=O)O1. The minimum absolute atomic E-state index is 0.196. The number of hydrogen-bond donors (Lipinski definition) is 1. The van der Waals surface area contributed by atoms with Crippen LogP contribution in [0.5, 0.6) is 0 Å². The van der Waals surface area contributed by atoms with Crippen LogP contribution in [0.15, 0.2) is 42.6 Å². The summed E-state index contributed by atoms with van der Waals surface area (Å²) in [7, 11) is 0. The van der Waals surface area contributed by atoms with Crippen LogP contribution < -0.4 is 5.32 Å². The molecular weight excluding hydrogens is 406 g/mol. The molecule has 0 aliphatic carbocycles. The molecule has 2 aliphatic heterocycles. The second-order valence-electron chi connectivity index (χ2n) is 7.90. The summed E-state index contributed by atoms with van der Waals surface area (Å²) in [5, 5.41) is 3.26. The van der Waals surface area contributed by atoms with Gasteiger partial charge in [-0.3, -0.25) is 9.59 Å². The number of anilines is 1. The zero-order chi connectivity index (χ0) is 21.3. The molecule has 2 amide bonds. The molecule has 1 aromatic carbocycles. The second-order valence-corrected chi connectivity index (χ2v) is 8.33. The van der Waals surface area contributed by atoms with Crippen LogP contribution in [0.2, 0.25) is 5.02 Å². The Kier molecular flexibility index (Phi) is 5.47. The Balaban J connectivity index is 1.45. The number of nitrogens with one attached hydrogen (secondary N) is 1. The number of fused-ring (bicyclic) bond motifs is 1. The summed E-state index contributed by atoms with van der Waals surface area (Å²) < 4.78 is 5.56. The minimum atomic E-state index is -1.28. The lowest BCUT2D eigenvalue weighted by atomic mass is 9.87. The summed E-state index contributed by atoms with van der Waals surface area (Å²) in [4.78, 5) is 44.1. The van der Waals surface area contributed by atoms with Gasteiger partial charge in [0.15, 0.2) is 5.60 Å². The number of amides is 2. The minimum Gasteiger partial charge on any atom is -0.445 e. The van der Waals surface area contributed by atoms with Crippen molar-refractivity contribution in [3.05, 3.63) is 58.7 Å². The molecule has 3 heterocycles. The van der Waals surface area contributed by atoms with Crippen LogP contribution in [0, 0.1) is 5.92 Å². The zero-order valence-electron chi connectivity index (χ0n) is 16.6. The lowest BCUT2D eigenvalue weighted by molar-refractivity contribution is -0.153. The molecule has 1 fully saturated rings. The number of piperidine rings is 1. The highest BCUT2D eigenvalue weighted by Gasteiger charge is 2.46. The predicted octanol–water partition coefficient (Wildman–Crippen LogP) is 3.08. The van der Waals surface area contributed by atoms with Gasteiger partial charge in [0.25, 0.3) is 5.91 Å². The van der Waals surface area contributed by atoms with E-state index in [4.69, 9.17) is 16.3 Å². The predicted molar refractivity (Wildman–Crippen MR) is 111 cm³/mol. The number of cyclic esters (lactones) is 1. The van der Waals surface area contributed by atoms with Crippen molar-refractivity contribution in [1.82, 2.24) is 9.88 Å². The van der Waals surface area contributed by atoms with Gasteiger partial charge in [-0.05, 0) is 43.5 Å². The number of benzene rings is 1. The molecule has 0 bridgehead atoms. The van der Waals surface area contributed by atoms with Crippen molar-refractivity contribution in [2.75, 3.05) is 18.4 Å². The van der Waals surface area contributed by atoms with Gasteiger partial charge in [-0.2, -0.15) is 0 Å². The fraction of sp³-hybridized carbons (Fsp3) is 0.364. The number of rotatable bonds is 3. The maximum absolute atomic E-state index is 13.3. The van der Waals surface area contributed by atoms with Gasteiger partial charge in [-0.1, -0.05) is 29.8 Å². The van der Waals surface area contributed by atoms with Gasteiger partial charge in [-0.25, -0.2) is 9.78 Å². The Morgan fingerprint density at radius 1 is 1.27 bits per heavy atom. The zero-order valence-corrected chi connectivity index (χ0v) is 17.3. The number of likely N-dealkylation sites (tertiary alicyclic amines) is 1. The first-order valence-corrected chi connectivity index (χ1v) is 10.3. The van der Waals surface area contributed by atoms with E-state index in [1.807, 2.05) is 12.1 Å². The largest absolute Gasteiger partial charge is 0.445 e. The second kappa shape index (κ2) is 8.07. The van der Waals surface area contributed by atoms with E-state index in [9.17, 15) is 14.4 Å². The number of ether oxygens (including phenoxy) is 1. The average Bonchev–Trinajstić information content (AvgIpc) is 2.75. The summed E-state index contributed by atoms with van der Waals surface area (Å²) in [5.41, 5.74) is 0.0144. The number of esters is 1. The number of aromatic nitrogens is 1. The number of pyridine rings is 1. The molecule has 30 heavy (non-hydrogen) atoms. The van der Waals surface area contributed by atoms with Crippen molar-refractivity contribution in [2.45, 2.75) is 31.8 Å². The van der Waals surface area contributed by atoms with Gasteiger partial charge in [0.2, 0.25) is 5.91 Å². The number of halogens is 1. The quantitative estimate of drug-likeness (QED) is 0.760. The first-order chi connectivity index (χ1) is 14.4. The molecular formula is C22H22ClN3O4. The maximum atomic E-state index is 13.3. The van der Waals surface area contributed by atoms with Gasteiger partial charge in [0, 0.05) is 25.7 Å². The van der Waals surface area contributed by atoms with E-state index in [2.05, 4.69) is 10.3 Å². The van der Waals surface area contributed by atoms with Crippen molar-refractivity contribution < 1.29 is 19.1 Å².